The first-order valence-electron chi connectivity index (χ1n) is 6.75. The molecule has 0 aliphatic heterocycles. The zero-order valence-electron chi connectivity index (χ0n) is 11.8. The van der Waals surface area contributed by atoms with Gasteiger partial charge in [0.25, 0.3) is 5.91 Å². The standard InChI is InChI=1S/C17H15F3NO/c18-8-13-6-15(10-20)16(7-14(13)9-19)17(22)21-11-12-4-2-1-3-5-12/h2-7H,8-11H2,(H,21,22). The van der Waals surface area contributed by atoms with Crippen LogP contribution in [0.1, 0.15) is 32.6 Å². The number of carbonyl (C=O) groups excluding carboxylic acids is 1. The van der Waals surface area contributed by atoms with E-state index in [0.717, 1.165) is 5.56 Å². The molecule has 0 bridgehead atoms. The Labute approximate surface area is 127 Å². The molecule has 2 nitrogen and oxygen atoms in total. The van der Waals surface area contributed by atoms with Crippen molar-refractivity contribution in [2.75, 3.05) is 0 Å². The lowest BCUT2D eigenvalue weighted by Crippen LogP contribution is -2.24. The molecular formula is C17H15F3NO. The zero-order chi connectivity index (χ0) is 15.9. The minimum Gasteiger partial charge on any atom is -0.348 e. The Hall–Kier alpha value is -2.30. The molecule has 1 amide bonds. The van der Waals surface area contributed by atoms with Crippen LogP contribution in [0.3, 0.4) is 0 Å². The molecule has 0 saturated carbocycles. The summed E-state index contributed by atoms with van der Waals surface area (Å²) in [4.78, 5) is 12.2. The first-order chi connectivity index (χ1) is 10.7. The van der Waals surface area contributed by atoms with E-state index in [1.165, 1.54) is 12.1 Å². The van der Waals surface area contributed by atoms with E-state index in [0.29, 0.717) is 0 Å². The molecule has 0 fully saturated rings. The van der Waals surface area contributed by atoms with Crippen LogP contribution in [0.2, 0.25) is 0 Å². The van der Waals surface area contributed by atoms with E-state index in [1.54, 1.807) is 24.3 Å². The van der Waals surface area contributed by atoms with Gasteiger partial charge in [-0.15, -0.1) is 0 Å². The molecular weight excluding hydrogens is 291 g/mol. The van der Waals surface area contributed by atoms with Crippen LogP contribution in [-0.2, 0) is 26.6 Å². The first-order valence-corrected chi connectivity index (χ1v) is 6.75. The fourth-order valence-corrected chi connectivity index (χ4v) is 2.13. The highest BCUT2D eigenvalue weighted by molar-refractivity contribution is 5.96. The van der Waals surface area contributed by atoms with Gasteiger partial charge < -0.3 is 5.32 Å². The normalized spacial score (nSPS) is 10.5. The molecule has 22 heavy (non-hydrogen) atoms. The lowest BCUT2D eigenvalue weighted by Gasteiger charge is -2.12. The van der Waals surface area contributed by atoms with E-state index < -0.39 is 25.9 Å². The van der Waals surface area contributed by atoms with Gasteiger partial charge in [-0.05, 0) is 40.5 Å². The van der Waals surface area contributed by atoms with Gasteiger partial charge in [0.2, 0.25) is 0 Å². The molecule has 0 aromatic heterocycles. The Morgan fingerprint density at radius 2 is 1.55 bits per heavy atom. The lowest BCUT2D eigenvalue weighted by molar-refractivity contribution is 0.0949. The van der Waals surface area contributed by atoms with Crippen molar-refractivity contribution in [3.8, 4) is 0 Å². The smallest absolute Gasteiger partial charge is 0.251 e. The summed E-state index contributed by atoms with van der Waals surface area (Å²) >= 11 is 0. The third kappa shape index (κ3) is 3.67. The van der Waals surface area contributed by atoms with Crippen molar-refractivity contribution in [3.63, 3.8) is 0 Å². The van der Waals surface area contributed by atoms with Crippen molar-refractivity contribution >= 4 is 5.91 Å². The molecule has 0 heterocycles. The van der Waals surface area contributed by atoms with Gasteiger partial charge in [-0.25, -0.2) is 13.2 Å². The molecule has 0 aliphatic rings. The Morgan fingerprint density at radius 1 is 0.955 bits per heavy atom. The average Bonchev–Trinajstić information content (AvgIpc) is 2.59. The molecule has 1 N–H and O–H groups in total. The van der Waals surface area contributed by atoms with Crippen LogP contribution >= 0.6 is 0 Å². The van der Waals surface area contributed by atoms with E-state index >= 15 is 0 Å². The van der Waals surface area contributed by atoms with Crippen molar-refractivity contribution < 1.29 is 18.0 Å². The van der Waals surface area contributed by atoms with Crippen molar-refractivity contribution in [2.24, 2.45) is 0 Å². The quantitative estimate of drug-likeness (QED) is 0.863. The fourth-order valence-electron chi connectivity index (χ4n) is 2.13. The van der Waals surface area contributed by atoms with Gasteiger partial charge in [0.15, 0.2) is 0 Å². The van der Waals surface area contributed by atoms with Crippen LogP contribution in [0, 0.1) is 6.07 Å². The number of alkyl halides is 3. The fraction of sp³-hybridized carbons (Fsp3) is 0.235. The maximum atomic E-state index is 13.1. The van der Waals surface area contributed by atoms with Crippen molar-refractivity contribution in [1.82, 2.24) is 5.32 Å². The second kappa shape index (κ2) is 7.64. The van der Waals surface area contributed by atoms with Gasteiger partial charge in [-0.3, -0.25) is 4.79 Å². The summed E-state index contributed by atoms with van der Waals surface area (Å²) in [6.45, 7) is -2.45. The maximum absolute atomic E-state index is 13.1. The number of amides is 1. The van der Waals surface area contributed by atoms with Gasteiger partial charge in [0, 0.05) is 12.1 Å². The number of carbonyl (C=O) groups is 1. The predicted molar refractivity (Wildman–Crippen MR) is 77.3 cm³/mol. The average molecular weight is 306 g/mol. The molecule has 1 radical (unpaired) electrons. The molecule has 0 unspecified atom stereocenters. The van der Waals surface area contributed by atoms with Gasteiger partial charge in [-0.1, -0.05) is 24.3 Å². The summed E-state index contributed by atoms with van der Waals surface area (Å²) in [5, 5.41) is 2.64. The highest BCUT2D eigenvalue weighted by Gasteiger charge is 2.15. The predicted octanol–water partition coefficient (Wildman–Crippen LogP) is 3.83. The summed E-state index contributed by atoms with van der Waals surface area (Å²) in [6.07, 6.45) is 0. The number of hydrogen-bond acceptors (Lipinski definition) is 1. The molecule has 0 saturated heterocycles. The van der Waals surface area contributed by atoms with Crippen LogP contribution in [0.25, 0.3) is 0 Å². The second-order valence-electron chi connectivity index (χ2n) is 4.77. The molecule has 0 aliphatic carbocycles. The van der Waals surface area contributed by atoms with Crippen molar-refractivity contribution in [2.45, 2.75) is 26.6 Å². The Balaban J connectivity index is 2.21. The van der Waals surface area contributed by atoms with Crippen LogP contribution < -0.4 is 5.32 Å². The number of hydrogen-bond donors (Lipinski definition) is 1. The largest absolute Gasteiger partial charge is 0.348 e. The van der Waals surface area contributed by atoms with E-state index in [9.17, 15) is 18.0 Å². The van der Waals surface area contributed by atoms with Crippen molar-refractivity contribution in [1.29, 1.82) is 0 Å². The molecule has 2 rings (SSSR count). The van der Waals surface area contributed by atoms with Gasteiger partial charge in [-0.2, -0.15) is 0 Å². The first kappa shape index (κ1) is 16.1. The minimum absolute atomic E-state index is 0.0369. The third-order valence-corrected chi connectivity index (χ3v) is 3.34. The molecule has 0 spiro atoms. The highest BCUT2D eigenvalue weighted by atomic mass is 19.1. The van der Waals surface area contributed by atoms with Gasteiger partial charge in [0.05, 0.1) is 0 Å². The van der Waals surface area contributed by atoms with Crippen LogP contribution in [0.15, 0.2) is 36.4 Å². The van der Waals surface area contributed by atoms with Gasteiger partial charge in [0.1, 0.15) is 20.0 Å². The molecule has 2 aromatic carbocycles. The zero-order valence-corrected chi connectivity index (χ0v) is 11.8. The summed E-state index contributed by atoms with van der Waals surface area (Å²) in [5.74, 6) is -0.513. The van der Waals surface area contributed by atoms with Crippen molar-refractivity contribution in [3.05, 3.63) is 70.3 Å². The Morgan fingerprint density at radius 3 is 2.14 bits per heavy atom. The summed E-state index contributed by atoms with van der Waals surface area (Å²) in [6, 6.07) is 12.3. The molecule has 5 heteroatoms. The summed E-state index contributed by atoms with van der Waals surface area (Å²) in [7, 11) is 0. The Kier molecular flexibility index (Phi) is 5.58. The van der Waals surface area contributed by atoms with E-state index in [1.807, 2.05) is 0 Å². The number of benzene rings is 2. The molecule has 0 atom stereocenters. The van der Waals surface area contributed by atoms with Crippen LogP contribution in [-0.4, -0.2) is 5.91 Å². The topological polar surface area (TPSA) is 29.1 Å². The lowest BCUT2D eigenvalue weighted by atomic mass is 9.99. The number of nitrogens with one attached hydrogen (secondary N) is 1. The summed E-state index contributed by atoms with van der Waals surface area (Å²) < 4.78 is 38.8. The molecule has 2 aromatic rings. The SMILES string of the molecule is O=C(NCc1cc[c]cc1)c1cc(CF)c(CF)cc1CF. The Bertz CT molecular complexity index is 644. The van der Waals surface area contributed by atoms with E-state index in [2.05, 4.69) is 11.4 Å². The van der Waals surface area contributed by atoms with Crippen LogP contribution in [0.5, 0.6) is 0 Å². The van der Waals surface area contributed by atoms with Crippen LogP contribution in [0.4, 0.5) is 13.2 Å². The molecule has 115 valence electrons. The second-order valence-corrected chi connectivity index (χ2v) is 4.77. The van der Waals surface area contributed by atoms with E-state index in [4.69, 9.17) is 0 Å². The number of rotatable bonds is 6. The van der Waals surface area contributed by atoms with Gasteiger partial charge >= 0.3 is 0 Å². The maximum Gasteiger partial charge on any atom is 0.251 e. The third-order valence-electron chi connectivity index (χ3n) is 3.34. The monoisotopic (exact) mass is 306 g/mol. The highest BCUT2D eigenvalue weighted by Crippen LogP contribution is 2.21. The summed E-state index contributed by atoms with van der Waals surface area (Å²) in [5.41, 5.74) is 1.10. The number of halogens is 3. The van der Waals surface area contributed by atoms with E-state index in [-0.39, 0.29) is 28.8 Å². The minimum atomic E-state index is -0.914.